The first kappa shape index (κ1) is 20.7. The molecule has 0 spiro atoms. The van der Waals surface area contributed by atoms with Crippen molar-refractivity contribution in [2.24, 2.45) is 0 Å². The molecule has 1 amide bonds. The van der Waals surface area contributed by atoms with E-state index in [0.717, 1.165) is 33.1 Å². The highest BCUT2D eigenvalue weighted by atomic mass is 127. The number of methoxy groups -OCH3 is 1. The van der Waals surface area contributed by atoms with Crippen LogP contribution in [0.25, 0.3) is 33.1 Å². The van der Waals surface area contributed by atoms with Gasteiger partial charge >= 0.3 is 0 Å². The fourth-order valence-electron chi connectivity index (χ4n) is 3.45. The number of rotatable bonds is 6. The number of amides is 1. The number of likely N-dealkylation sites (N-methyl/N-ethyl adjacent to an activating group) is 1. The van der Waals surface area contributed by atoms with Crippen LogP contribution in [-0.4, -0.2) is 45.4 Å². The van der Waals surface area contributed by atoms with Gasteiger partial charge in [0.2, 0.25) is 0 Å². The van der Waals surface area contributed by atoms with Crippen LogP contribution in [0.5, 0.6) is 5.75 Å². The van der Waals surface area contributed by atoms with Crippen LogP contribution in [0.1, 0.15) is 10.4 Å². The maximum Gasteiger partial charge on any atom is 0.255 e. The Balaban J connectivity index is 1.92. The molecule has 0 saturated carbocycles. The third-order valence-corrected chi connectivity index (χ3v) is 6.58. The molecule has 8 heteroatoms. The van der Waals surface area contributed by atoms with Gasteiger partial charge in [-0.2, -0.15) is 0 Å². The minimum atomic E-state index is -0.0922. The van der Waals surface area contributed by atoms with Gasteiger partial charge in [0, 0.05) is 78.8 Å². The molecule has 4 aromatic rings. The Labute approximate surface area is 190 Å². The van der Waals surface area contributed by atoms with Gasteiger partial charge in [0.15, 0.2) is 5.65 Å². The van der Waals surface area contributed by atoms with Gasteiger partial charge in [-0.15, -0.1) is 6.58 Å². The normalized spacial score (nSPS) is 11.0. The van der Waals surface area contributed by atoms with Crippen molar-refractivity contribution >= 4 is 58.2 Å². The highest BCUT2D eigenvalue weighted by Crippen LogP contribution is 2.38. The summed E-state index contributed by atoms with van der Waals surface area (Å²) in [5.41, 5.74) is 4.12. The van der Waals surface area contributed by atoms with Crippen molar-refractivity contribution in [3.8, 4) is 16.9 Å². The summed E-state index contributed by atoms with van der Waals surface area (Å²) >= 11 is 2.22. The van der Waals surface area contributed by atoms with Gasteiger partial charge in [0.05, 0.1) is 12.7 Å². The first-order valence-electron chi connectivity index (χ1n) is 9.17. The zero-order valence-corrected chi connectivity index (χ0v) is 19.5. The van der Waals surface area contributed by atoms with Crippen LogP contribution in [-0.2, 0) is 0 Å². The molecule has 152 valence electrons. The topological polar surface area (TPSA) is 60.3 Å². The van der Waals surface area contributed by atoms with E-state index in [4.69, 9.17) is 4.74 Å². The van der Waals surface area contributed by atoms with Crippen molar-refractivity contribution < 1.29 is 9.53 Å². The van der Waals surface area contributed by atoms with Gasteiger partial charge in [-0.25, -0.2) is 4.98 Å². The first-order valence-corrected chi connectivity index (χ1v) is 12.5. The highest BCUT2D eigenvalue weighted by Gasteiger charge is 2.18. The van der Waals surface area contributed by atoms with Crippen LogP contribution < -0.4 is 4.74 Å². The number of ether oxygens (including phenoxy) is 1. The maximum absolute atomic E-state index is 12.8. The number of pyridine rings is 2. The van der Waals surface area contributed by atoms with E-state index in [0.29, 0.717) is 17.9 Å². The largest absolute Gasteiger partial charge is 0.494 e. The van der Waals surface area contributed by atoms with Crippen molar-refractivity contribution in [1.29, 1.82) is 0 Å². The van der Waals surface area contributed by atoms with E-state index < -0.39 is 0 Å². The van der Waals surface area contributed by atoms with Crippen molar-refractivity contribution in [2.75, 3.05) is 20.7 Å². The molecule has 0 saturated heterocycles. The second-order valence-corrected chi connectivity index (χ2v) is 8.47. The molecule has 3 heterocycles. The molecule has 0 atom stereocenters. The molecular formula is C22H19IN4O2S. The number of halogens is 1. The molecule has 0 fully saturated rings. The summed E-state index contributed by atoms with van der Waals surface area (Å²) in [6, 6.07) is 9.88. The monoisotopic (exact) mass is 530 g/mol. The first-order chi connectivity index (χ1) is 14.6. The third kappa shape index (κ3) is 3.65. The predicted molar refractivity (Wildman–Crippen MR) is 131 cm³/mol. The summed E-state index contributed by atoms with van der Waals surface area (Å²) in [4.78, 5) is 23.4. The average molecular weight is 530 g/mol. The van der Waals surface area contributed by atoms with Gasteiger partial charge in [0.25, 0.3) is 5.91 Å². The molecule has 0 unspecified atom stereocenters. The Morgan fingerprint density at radius 3 is 2.93 bits per heavy atom. The van der Waals surface area contributed by atoms with E-state index >= 15 is 0 Å². The summed E-state index contributed by atoms with van der Waals surface area (Å²) in [5, 5.41) is 1.89. The van der Waals surface area contributed by atoms with Gasteiger partial charge in [0.1, 0.15) is 11.3 Å². The summed E-state index contributed by atoms with van der Waals surface area (Å²) in [5.74, 6) is 0.613. The second kappa shape index (κ2) is 8.65. The quantitative estimate of drug-likeness (QED) is 0.248. The number of hydrogen-bond acceptors (Lipinski definition) is 5. The number of carbonyl (C=O) groups excluding carboxylic acids is 1. The summed E-state index contributed by atoms with van der Waals surface area (Å²) in [6.45, 7) is 4.18. The number of hydrogen-bond donors (Lipinski definition) is 0. The fourth-order valence-corrected chi connectivity index (χ4v) is 4.70. The van der Waals surface area contributed by atoms with Gasteiger partial charge in [-0.1, -0.05) is 12.1 Å². The van der Waals surface area contributed by atoms with Crippen LogP contribution in [0.15, 0.2) is 61.6 Å². The molecule has 6 nitrogen and oxygen atoms in total. The highest BCUT2D eigenvalue weighted by molar-refractivity contribution is 14.2. The van der Waals surface area contributed by atoms with Crippen LogP contribution in [0.4, 0.5) is 0 Å². The zero-order valence-electron chi connectivity index (χ0n) is 16.5. The van der Waals surface area contributed by atoms with Crippen LogP contribution >= 0.6 is 30.3 Å². The van der Waals surface area contributed by atoms with Crippen LogP contribution in [0, 0.1) is 0 Å². The number of carbonyl (C=O) groups is 1. The molecule has 0 aliphatic rings. The van der Waals surface area contributed by atoms with E-state index in [2.05, 4.69) is 43.8 Å². The minimum Gasteiger partial charge on any atom is -0.494 e. The van der Waals surface area contributed by atoms with Crippen molar-refractivity contribution in [3.05, 3.63) is 67.1 Å². The minimum absolute atomic E-state index is 0.0922. The lowest BCUT2D eigenvalue weighted by molar-refractivity contribution is 0.0810. The van der Waals surface area contributed by atoms with E-state index in [9.17, 15) is 4.79 Å². The lowest BCUT2D eigenvalue weighted by Gasteiger charge is -2.14. The Bertz CT molecular complexity index is 1270. The smallest absolute Gasteiger partial charge is 0.255 e. The molecule has 0 aliphatic heterocycles. The lowest BCUT2D eigenvalue weighted by atomic mass is 10.0. The number of aromatic nitrogens is 3. The van der Waals surface area contributed by atoms with Crippen LogP contribution in [0.2, 0.25) is 0 Å². The summed E-state index contributed by atoms with van der Waals surface area (Å²) < 4.78 is 7.59. The van der Waals surface area contributed by atoms with Gasteiger partial charge < -0.3 is 9.64 Å². The molecule has 30 heavy (non-hydrogen) atoms. The zero-order chi connectivity index (χ0) is 21.3. The molecule has 0 radical (unpaired) electrons. The average Bonchev–Trinajstić information content (AvgIpc) is 3.16. The van der Waals surface area contributed by atoms with Crippen molar-refractivity contribution in [3.63, 3.8) is 0 Å². The maximum atomic E-state index is 12.8. The number of fused-ring (bicyclic) bond motifs is 2. The SMILES string of the molecule is C=CCN(C)C(=O)c1cnc2c(c1)c(-c1cc(OC)c3ncccc3c1)cn2SI. The molecule has 0 aliphatic carbocycles. The van der Waals surface area contributed by atoms with Gasteiger partial charge in [-0.3, -0.25) is 13.8 Å². The number of benzene rings is 1. The second-order valence-electron chi connectivity index (χ2n) is 6.76. The van der Waals surface area contributed by atoms with E-state index in [1.165, 1.54) is 9.12 Å². The summed E-state index contributed by atoms with van der Waals surface area (Å²) in [6.07, 6.45) is 7.12. The van der Waals surface area contributed by atoms with Crippen LogP contribution in [0.3, 0.4) is 0 Å². The molecule has 3 aromatic heterocycles. The number of nitrogens with zero attached hydrogens (tertiary/aromatic N) is 4. The lowest BCUT2D eigenvalue weighted by Crippen LogP contribution is -2.26. The molecule has 1 aromatic carbocycles. The van der Waals surface area contributed by atoms with Crippen molar-refractivity contribution in [2.45, 2.75) is 0 Å². The van der Waals surface area contributed by atoms with E-state index in [1.54, 1.807) is 37.5 Å². The van der Waals surface area contributed by atoms with Gasteiger partial charge in [-0.05, 0) is 29.8 Å². The Hall–Kier alpha value is -2.59. The third-order valence-electron chi connectivity index (χ3n) is 4.88. The fraction of sp³-hybridized carbons (Fsp3) is 0.136. The Morgan fingerprint density at radius 2 is 2.20 bits per heavy atom. The molecule has 4 rings (SSSR count). The molecular weight excluding hydrogens is 511 g/mol. The Kier molecular flexibility index (Phi) is 5.96. The Morgan fingerprint density at radius 1 is 1.37 bits per heavy atom. The van der Waals surface area contributed by atoms with E-state index in [-0.39, 0.29) is 5.91 Å². The summed E-state index contributed by atoms with van der Waals surface area (Å²) in [7, 11) is 4.92. The molecule has 0 bridgehead atoms. The van der Waals surface area contributed by atoms with Crippen molar-refractivity contribution in [1.82, 2.24) is 18.8 Å². The molecule has 0 N–H and O–H groups in total. The van der Waals surface area contributed by atoms with E-state index in [1.807, 2.05) is 34.4 Å². The predicted octanol–water partition coefficient (Wildman–Crippen LogP) is 5.36. The standard InChI is InChI=1S/C22H19IN4O2S/c1-4-8-26(2)22(28)16-10-17-18(13-27(30-23)21(17)25-12-16)15-9-14-6-5-7-24-20(14)19(11-15)29-3/h4-7,9-13H,1,8H2,2-3H3.